The molecule has 0 amide bonds. The largest absolute Gasteiger partial charge is 0.289 e. The first-order valence-electron chi connectivity index (χ1n) is 5.60. The van der Waals surface area contributed by atoms with Crippen LogP contribution in [0.4, 0.5) is 8.78 Å². The highest BCUT2D eigenvalue weighted by Crippen LogP contribution is 2.25. The maximum Gasteiger partial charge on any atom is 0.185 e. The summed E-state index contributed by atoms with van der Waals surface area (Å²) in [6, 6.07) is 7.90. The third-order valence-electron chi connectivity index (χ3n) is 2.61. The fraction of sp³-hybridized carbons (Fsp3) is 0. The Hall–Kier alpha value is -1.71. The summed E-state index contributed by atoms with van der Waals surface area (Å²) in [6.45, 7) is 0. The smallest absolute Gasteiger partial charge is 0.185 e. The number of carbonyl (C=O) groups excluding carboxylic acids is 1. The van der Waals surface area contributed by atoms with Crippen LogP contribution in [-0.2, 0) is 0 Å². The highest BCUT2D eigenvalue weighted by molar-refractivity contribution is 6.37. The third-order valence-corrected chi connectivity index (χ3v) is 3.26. The van der Waals surface area contributed by atoms with E-state index in [1.165, 1.54) is 18.2 Å². The van der Waals surface area contributed by atoms with Crippen LogP contribution in [0.2, 0.25) is 10.0 Å². The van der Waals surface area contributed by atoms with Crippen LogP contribution in [0.1, 0.15) is 15.9 Å². The minimum Gasteiger partial charge on any atom is -0.289 e. The number of carbonyl (C=O) groups is 1. The minimum atomic E-state index is -1.07. The van der Waals surface area contributed by atoms with Gasteiger partial charge in [0, 0.05) is 21.2 Å². The van der Waals surface area contributed by atoms with Crippen LogP contribution in [0.15, 0.2) is 42.5 Å². The maximum atomic E-state index is 13.0. The Morgan fingerprint density at radius 1 is 1.00 bits per heavy atom. The number of rotatable bonds is 3. The second-order valence-electron chi connectivity index (χ2n) is 3.96. The van der Waals surface area contributed by atoms with Gasteiger partial charge in [-0.2, -0.15) is 0 Å². The lowest BCUT2D eigenvalue weighted by molar-refractivity contribution is 0.104. The van der Waals surface area contributed by atoms with E-state index < -0.39 is 17.4 Å². The molecule has 0 radical (unpaired) electrons. The molecule has 0 aliphatic heterocycles. The molecule has 2 aromatic carbocycles. The van der Waals surface area contributed by atoms with Gasteiger partial charge >= 0.3 is 0 Å². The molecule has 0 spiro atoms. The van der Waals surface area contributed by atoms with E-state index in [1.807, 2.05) is 0 Å². The number of allylic oxidation sites excluding steroid dienone is 1. The zero-order valence-electron chi connectivity index (χ0n) is 10.0. The predicted molar refractivity (Wildman–Crippen MR) is 76.2 cm³/mol. The van der Waals surface area contributed by atoms with E-state index in [0.717, 1.165) is 12.1 Å². The van der Waals surface area contributed by atoms with E-state index in [4.69, 9.17) is 23.2 Å². The second kappa shape index (κ2) is 6.16. The monoisotopic (exact) mass is 312 g/mol. The summed E-state index contributed by atoms with van der Waals surface area (Å²) >= 11 is 11.9. The van der Waals surface area contributed by atoms with E-state index in [9.17, 15) is 13.6 Å². The Kier molecular flexibility index (Phi) is 4.53. The molecule has 0 N–H and O–H groups in total. The number of benzene rings is 2. The van der Waals surface area contributed by atoms with Crippen molar-refractivity contribution in [2.24, 2.45) is 0 Å². The number of ketones is 1. The van der Waals surface area contributed by atoms with Gasteiger partial charge in [-0.15, -0.1) is 0 Å². The predicted octanol–water partition coefficient (Wildman–Crippen LogP) is 5.17. The van der Waals surface area contributed by atoms with Gasteiger partial charge in [-0.25, -0.2) is 8.78 Å². The molecule has 0 heterocycles. The van der Waals surface area contributed by atoms with Gasteiger partial charge in [0.2, 0.25) is 0 Å². The fourth-order valence-corrected chi connectivity index (χ4v) is 2.10. The van der Waals surface area contributed by atoms with E-state index in [-0.39, 0.29) is 5.56 Å². The van der Waals surface area contributed by atoms with Gasteiger partial charge < -0.3 is 0 Å². The molecule has 0 bridgehead atoms. The lowest BCUT2D eigenvalue weighted by Gasteiger charge is -2.01. The first-order chi connectivity index (χ1) is 9.49. The van der Waals surface area contributed by atoms with Crippen LogP contribution >= 0.6 is 23.2 Å². The summed E-state index contributed by atoms with van der Waals surface area (Å²) in [7, 11) is 0. The molecular formula is C15H8Cl2F2O. The Morgan fingerprint density at radius 2 is 1.65 bits per heavy atom. The Labute approximate surface area is 124 Å². The van der Waals surface area contributed by atoms with Crippen LogP contribution in [0.5, 0.6) is 0 Å². The molecular weight excluding hydrogens is 305 g/mol. The number of halogens is 4. The quantitative estimate of drug-likeness (QED) is 0.564. The van der Waals surface area contributed by atoms with Crippen molar-refractivity contribution in [3.05, 3.63) is 75.3 Å². The van der Waals surface area contributed by atoms with Crippen molar-refractivity contribution in [3.63, 3.8) is 0 Å². The Morgan fingerprint density at radius 3 is 2.25 bits per heavy atom. The standard InChI is InChI=1S/C15H8Cl2F2O/c16-11-2-1-3-12(17)10(11)5-7-15(20)9-4-6-13(18)14(19)8-9/h1-8H/b7-5+. The molecule has 0 aromatic heterocycles. The summed E-state index contributed by atoms with van der Waals surface area (Å²) < 4.78 is 25.8. The molecule has 0 fully saturated rings. The average molecular weight is 313 g/mol. The zero-order chi connectivity index (χ0) is 14.7. The van der Waals surface area contributed by atoms with Gasteiger partial charge in [0.15, 0.2) is 17.4 Å². The van der Waals surface area contributed by atoms with Gasteiger partial charge in [-0.3, -0.25) is 4.79 Å². The van der Waals surface area contributed by atoms with E-state index in [2.05, 4.69) is 0 Å². The van der Waals surface area contributed by atoms with Crippen molar-refractivity contribution in [3.8, 4) is 0 Å². The minimum absolute atomic E-state index is 0.0447. The summed E-state index contributed by atoms with van der Waals surface area (Å²) in [5.74, 6) is -2.54. The molecule has 0 aliphatic rings. The van der Waals surface area contributed by atoms with Gasteiger partial charge in [0.05, 0.1) is 0 Å². The summed E-state index contributed by atoms with van der Waals surface area (Å²) in [6.07, 6.45) is 2.65. The first-order valence-corrected chi connectivity index (χ1v) is 6.36. The van der Waals surface area contributed by atoms with Crippen molar-refractivity contribution in [2.75, 3.05) is 0 Å². The van der Waals surface area contributed by atoms with E-state index in [1.54, 1.807) is 18.2 Å². The number of hydrogen-bond acceptors (Lipinski definition) is 1. The molecule has 20 heavy (non-hydrogen) atoms. The van der Waals surface area contributed by atoms with Gasteiger partial charge in [0.25, 0.3) is 0 Å². The van der Waals surface area contributed by atoms with E-state index in [0.29, 0.717) is 15.6 Å². The lowest BCUT2D eigenvalue weighted by Crippen LogP contribution is -1.96. The van der Waals surface area contributed by atoms with Crippen molar-refractivity contribution < 1.29 is 13.6 Å². The van der Waals surface area contributed by atoms with E-state index >= 15 is 0 Å². The van der Waals surface area contributed by atoms with Crippen molar-refractivity contribution >= 4 is 35.1 Å². The molecule has 1 nitrogen and oxygen atoms in total. The normalized spacial score (nSPS) is 11.0. The number of hydrogen-bond donors (Lipinski definition) is 0. The van der Waals surface area contributed by atoms with Crippen LogP contribution in [-0.4, -0.2) is 5.78 Å². The molecule has 0 atom stereocenters. The lowest BCUT2D eigenvalue weighted by atomic mass is 10.1. The molecule has 0 unspecified atom stereocenters. The Bertz CT molecular complexity index is 676. The Balaban J connectivity index is 2.27. The third kappa shape index (κ3) is 3.24. The molecule has 102 valence electrons. The van der Waals surface area contributed by atoms with Crippen LogP contribution in [0.3, 0.4) is 0 Å². The molecule has 0 aliphatic carbocycles. The highest BCUT2D eigenvalue weighted by Gasteiger charge is 2.08. The SMILES string of the molecule is O=C(/C=C/c1c(Cl)cccc1Cl)c1ccc(F)c(F)c1. The second-order valence-corrected chi connectivity index (χ2v) is 4.78. The molecule has 5 heteroatoms. The molecule has 0 saturated heterocycles. The summed E-state index contributed by atoms with van der Waals surface area (Å²) in [5.41, 5.74) is 0.537. The van der Waals surface area contributed by atoms with Crippen LogP contribution in [0.25, 0.3) is 6.08 Å². The van der Waals surface area contributed by atoms with Crippen LogP contribution in [0, 0.1) is 11.6 Å². The zero-order valence-corrected chi connectivity index (χ0v) is 11.6. The highest BCUT2D eigenvalue weighted by atomic mass is 35.5. The average Bonchev–Trinajstić information content (AvgIpc) is 2.41. The van der Waals surface area contributed by atoms with Gasteiger partial charge in [-0.1, -0.05) is 29.3 Å². The van der Waals surface area contributed by atoms with Gasteiger partial charge in [0.1, 0.15) is 0 Å². The molecule has 0 saturated carbocycles. The van der Waals surface area contributed by atoms with Crippen molar-refractivity contribution in [1.82, 2.24) is 0 Å². The first kappa shape index (κ1) is 14.7. The van der Waals surface area contributed by atoms with Crippen molar-refractivity contribution in [1.29, 1.82) is 0 Å². The summed E-state index contributed by atoms with van der Waals surface area (Å²) in [4.78, 5) is 11.8. The molecule has 2 aromatic rings. The van der Waals surface area contributed by atoms with Crippen molar-refractivity contribution in [2.45, 2.75) is 0 Å². The van der Waals surface area contributed by atoms with Crippen LogP contribution < -0.4 is 0 Å². The molecule has 2 rings (SSSR count). The maximum absolute atomic E-state index is 13.0. The fourth-order valence-electron chi connectivity index (χ4n) is 1.57. The topological polar surface area (TPSA) is 17.1 Å². The summed E-state index contributed by atoms with van der Waals surface area (Å²) in [5, 5.41) is 0.790. The van der Waals surface area contributed by atoms with Gasteiger partial charge in [-0.05, 0) is 42.5 Å².